The van der Waals surface area contributed by atoms with E-state index < -0.39 is 10.0 Å². The molecule has 126 valence electrons. The first-order valence-corrected chi connectivity index (χ1v) is 9.55. The molecule has 2 bridgehead atoms. The Morgan fingerprint density at radius 3 is 2.75 bits per heavy atom. The lowest BCUT2D eigenvalue weighted by Gasteiger charge is -2.37. The molecule has 4 rings (SSSR count). The summed E-state index contributed by atoms with van der Waals surface area (Å²) in [5.41, 5.74) is 2.43. The molecule has 0 spiro atoms. The number of fused-ring (bicyclic) bond motifs is 4. The summed E-state index contributed by atoms with van der Waals surface area (Å²) in [5, 5.41) is 8.63. The van der Waals surface area contributed by atoms with Crippen molar-refractivity contribution in [2.24, 2.45) is 11.1 Å². The number of piperidine rings is 1. The van der Waals surface area contributed by atoms with E-state index in [1.54, 1.807) is 18.2 Å². The zero-order chi connectivity index (χ0) is 16.9. The zero-order valence-electron chi connectivity index (χ0n) is 13.1. The predicted octanol–water partition coefficient (Wildman–Crippen LogP) is 0.869. The Morgan fingerprint density at radius 1 is 1.12 bits per heavy atom. The lowest BCUT2D eigenvalue weighted by atomic mass is 9.83. The molecule has 3 N–H and O–H groups in total. The van der Waals surface area contributed by atoms with Gasteiger partial charge in [0.15, 0.2) is 0 Å². The van der Waals surface area contributed by atoms with Crippen LogP contribution in [0.5, 0.6) is 0 Å². The van der Waals surface area contributed by atoms with Gasteiger partial charge in [0.2, 0.25) is 10.0 Å². The summed E-state index contributed by atoms with van der Waals surface area (Å²) < 4.78 is 25.0. The summed E-state index contributed by atoms with van der Waals surface area (Å²) in [7, 11) is -3.77. The number of primary sulfonamides is 1. The molecule has 2 aromatic rings. The minimum atomic E-state index is -3.77. The van der Waals surface area contributed by atoms with Crippen molar-refractivity contribution in [3.63, 3.8) is 0 Å². The van der Waals surface area contributed by atoms with Crippen LogP contribution in [0.2, 0.25) is 0 Å². The van der Waals surface area contributed by atoms with Crippen molar-refractivity contribution in [1.82, 2.24) is 9.88 Å². The second kappa shape index (κ2) is 5.54. The molecule has 6 nitrogen and oxygen atoms in total. The molecule has 3 heterocycles. The van der Waals surface area contributed by atoms with Crippen LogP contribution in [0, 0.1) is 5.92 Å². The van der Waals surface area contributed by atoms with Crippen LogP contribution in [-0.2, 0) is 16.6 Å². The third kappa shape index (κ3) is 2.68. The molecular weight excluding hydrogens is 326 g/mol. The maximum absolute atomic E-state index is 12.6. The maximum atomic E-state index is 12.6. The smallest absolute Gasteiger partial charge is 0.251 e. The van der Waals surface area contributed by atoms with Crippen molar-refractivity contribution in [2.45, 2.75) is 23.8 Å². The lowest BCUT2D eigenvalue weighted by Crippen LogP contribution is -2.44. The lowest BCUT2D eigenvalue weighted by molar-refractivity contribution is 0.257. The van der Waals surface area contributed by atoms with E-state index in [0.717, 1.165) is 37.3 Å². The summed E-state index contributed by atoms with van der Waals surface area (Å²) in [6.45, 7) is 2.58. The highest BCUT2D eigenvalue weighted by Gasteiger charge is 2.31. The molecule has 0 amide bonds. The van der Waals surface area contributed by atoms with Crippen LogP contribution < -0.4 is 16.0 Å². The van der Waals surface area contributed by atoms with Crippen molar-refractivity contribution >= 4 is 10.0 Å². The number of aromatic nitrogens is 1. The van der Waals surface area contributed by atoms with E-state index in [2.05, 4.69) is 5.32 Å². The molecule has 24 heavy (non-hydrogen) atoms. The molecule has 7 heteroatoms. The van der Waals surface area contributed by atoms with Gasteiger partial charge in [0.05, 0.1) is 4.90 Å². The third-order valence-electron chi connectivity index (χ3n) is 4.96. The van der Waals surface area contributed by atoms with Crippen LogP contribution in [0.3, 0.4) is 0 Å². The van der Waals surface area contributed by atoms with E-state index in [1.165, 1.54) is 12.1 Å². The second-order valence-corrected chi connectivity index (χ2v) is 8.21. The Labute approximate surface area is 140 Å². The normalized spacial score (nSPS) is 22.9. The standard InChI is InChI=1S/C17H19N3O3S/c18-24(22,23)15-3-1-2-12(5-15)13-6-16-14-4-11(8-19-9-14)10-20(16)17(21)7-13/h1-3,5-7,11,14,19H,4,8-10H2,(H2,18,22,23)/t11-,14+/m0/s1. The Kier molecular flexibility index (Phi) is 3.59. The zero-order valence-corrected chi connectivity index (χ0v) is 13.9. The second-order valence-electron chi connectivity index (χ2n) is 6.65. The highest BCUT2D eigenvalue weighted by atomic mass is 32.2. The molecular formula is C17H19N3O3S. The van der Waals surface area contributed by atoms with Crippen molar-refractivity contribution in [3.05, 3.63) is 52.4 Å². The molecule has 2 aliphatic heterocycles. The number of hydrogen-bond acceptors (Lipinski definition) is 4. The number of nitrogens with zero attached hydrogens (tertiary/aromatic N) is 1. The van der Waals surface area contributed by atoms with Crippen molar-refractivity contribution in [3.8, 4) is 11.1 Å². The monoisotopic (exact) mass is 345 g/mol. The Hall–Kier alpha value is -1.96. The summed E-state index contributed by atoms with van der Waals surface area (Å²) in [4.78, 5) is 12.6. The van der Waals surface area contributed by atoms with Gasteiger partial charge in [-0.1, -0.05) is 12.1 Å². The van der Waals surface area contributed by atoms with Gasteiger partial charge < -0.3 is 9.88 Å². The van der Waals surface area contributed by atoms with Gasteiger partial charge in [0.1, 0.15) is 0 Å². The first kappa shape index (κ1) is 15.6. The van der Waals surface area contributed by atoms with Gasteiger partial charge in [-0.15, -0.1) is 0 Å². The molecule has 0 aliphatic carbocycles. The van der Waals surface area contributed by atoms with Crippen molar-refractivity contribution in [2.75, 3.05) is 13.1 Å². The van der Waals surface area contributed by atoms with Gasteiger partial charge in [-0.25, -0.2) is 13.6 Å². The van der Waals surface area contributed by atoms with E-state index in [-0.39, 0.29) is 10.5 Å². The Bertz CT molecular complexity index is 965. The molecule has 1 fully saturated rings. The quantitative estimate of drug-likeness (QED) is 0.844. The average Bonchev–Trinajstić information content (AvgIpc) is 2.55. The highest BCUT2D eigenvalue weighted by Crippen LogP contribution is 2.33. The number of nitrogens with two attached hydrogens (primary N) is 1. The summed E-state index contributed by atoms with van der Waals surface area (Å²) in [6.07, 6.45) is 1.09. The maximum Gasteiger partial charge on any atom is 0.251 e. The summed E-state index contributed by atoms with van der Waals surface area (Å²) >= 11 is 0. The molecule has 0 radical (unpaired) electrons. The largest absolute Gasteiger partial charge is 0.316 e. The average molecular weight is 345 g/mol. The van der Waals surface area contributed by atoms with Gasteiger partial charge in [0.25, 0.3) is 5.56 Å². The fourth-order valence-corrected chi connectivity index (χ4v) is 4.38. The molecule has 1 aromatic carbocycles. The van der Waals surface area contributed by atoms with Crippen LogP contribution in [0.25, 0.3) is 11.1 Å². The van der Waals surface area contributed by atoms with Crippen LogP contribution in [0.15, 0.2) is 46.1 Å². The van der Waals surface area contributed by atoms with E-state index in [4.69, 9.17) is 5.14 Å². The van der Waals surface area contributed by atoms with Crippen LogP contribution in [-0.4, -0.2) is 26.1 Å². The SMILES string of the molecule is NS(=O)(=O)c1cccc(-c2cc3n(c(=O)c2)C[C@@H]2CNC[C@H]3C2)c1. The van der Waals surface area contributed by atoms with Crippen LogP contribution in [0.1, 0.15) is 18.0 Å². The van der Waals surface area contributed by atoms with Crippen LogP contribution >= 0.6 is 0 Å². The fraction of sp³-hybridized carbons (Fsp3) is 0.353. The van der Waals surface area contributed by atoms with E-state index in [1.807, 2.05) is 10.6 Å². The first-order valence-electron chi connectivity index (χ1n) is 8.00. The number of sulfonamides is 1. The van der Waals surface area contributed by atoms with Crippen molar-refractivity contribution in [1.29, 1.82) is 0 Å². The van der Waals surface area contributed by atoms with Gasteiger partial charge in [-0.3, -0.25) is 4.79 Å². The fourth-order valence-electron chi connectivity index (χ4n) is 3.82. The molecule has 0 unspecified atom stereocenters. The van der Waals surface area contributed by atoms with Crippen LogP contribution in [0.4, 0.5) is 0 Å². The molecule has 1 aromatic heterocycles. The number of pyridine rings is 1. The Morgan fingerprint density at radius 2 is 1.96 bits per heavy atom. The minimum Gasteiger partial charge on any atom is -0.316 e. The Balaban J connectivity index is 1.84. The number of hydrogen-bond donors (Lipinski definition) is 2. The van der Waals surface area contributed by atoms with Gasteiger partial charge >= 0.3 is 0 Å². The highest BCUT2D eigenvalue weighted by molar-refractivity contribution is 7.89. The van der Waals surface area contributed by atoms with Gasteiger partial charge in [0, 0.05) is 30.8 Å². The molecule has 1 saturated heterocycles. The molecule has 0 saturated carbocycles. The van der Waals surface area contributed by atoms with Gasteiger partial charge in [-0.05, 0) is 48.2 Å². The van der Waals surface area contributed by atoms with Gasteiger partial charge in [-0.2, -0.15) is 0 Å². The number of rotatable bonds is 2. The van der Waals surface area contributed by atoms with Crippen molar-refractivity contribution < 1.29 is 8.42 Å². The predicted molar refractivity (Wildman–Crippen MR) is 91.2 cm³/mol. The van der Waals surface area contributed by atoms with E-state index in [9.17, 15) is 13.2 Å². The molecule has 2 aliphatic rings. The topological polar surface area (TPSA) is 94.2 Å². The first-order chi connectivity index (χ1) is 11.4. The van der Waals surface area contributed by atoms with E-state index >= 15 is 0 Å². The minimum absolute atomic E-state index is 0.0277. The third-order valence-corrected chi connectivity index (χ3v) is 5.87. The molecule has 2 atom stereocenters. The summed E-state index contributed by atoms with van der Waals surface area (Å²) in [6, 6.07) is 10.0. The number of benzene rings is 1. The number of nitrogens with one attached hydrogen (secondary N) is 1. The van der Waals surface area contributed by atoms with E-state index in [0.29, 0.717) is 17.4 Å². The summed E-state index contributed by atoms with van der Waals surface area (Å²) in [5.74, 6) is 0.831.